The minimum Gasteiger partial charge on any atom is -0.352 e. The van der Waals surface area contributed by atoms with E-state index < -0.39 is 0 Å². The van der Waals surface area contributed by atoms with Gasteiger partial charge in [-0.25, -0.2) is 4.39 Å². The molecule has 0 unspecified atom stereocenters. The van der Waals surface area contributed by atoms with Crippen molar-refractivity contribution in [2.75, 3.05) is 6.54 Å². The van der Waals surface area contributed by atoms with Crippen molar-refractivity contribution in [1.29, 1.82) is 0 Å². The van der Waals surface area contributed by atoms with E-state index >= 15 is 0 Å². The van der Waals surface area contributed by atoms with Gasteiger partial charge >= 0.3 is 0 Å². The van der Waals surface area contributed by atoms with Crippen LogP contribution < -0.4 is 5.32 Å². The second kappa shape index (κ2) is 4.64. The zero-order chi connectivity index (χ0) is 11.5. The van der Waals surface area contributed by atoms with Crippen LogP contribution in [0.3, 0.4) is 0 Å². The molecular formula is C13H16FNO. The van der Waals surface area contributed by atoms with E-state index in [1.165, 1.54) is 31.0 Å². The molecule has 1 aliphatic rings. The van der Waals surface area contributed by atoms with Crippen molar-refractivity contribution >= 4 is 5.91 Å². The number of carbonyl (C=O) groups excluding carboxylic acids is 1. The summed E-state index contributed by atoms with van der Waals surface area (Å²) in [6.07, 6.45) is 3.66. The molecular weight excluding hydrogens is 205 g/mol. The average Bonchev–Trinajstić information content (AvgIpc) is 3.01. The number of hydrogen-bond donors (Lipinski definition) is 1. The van der Waals surface area contributed by atoms with E-state index in [1.807, 2.05) is 0 Å². The summed E-state index contributed by atoms with van der Waals surface area (Å²) in [5, 5.41) is 2.87. The molecule has 1 fully saturated rings. The van der Waals surface area contributed by atoms with Gasteiger partial charge in [0.15, 0.2) is 0 Å². The third-order valence-electron chi connectivity index (χ3n) is 2.97. The largest absolute Gasteiger partial charge is 0.352 e. The highest BCUT2D eigenvalue weighted by Crippen LogP contribution is 2.31. The average molecular weight is 221 g/mol. The number of aryl methyl sites for hydroxylation is 1. The lowest BCUT2D eigenvalue weighted by atomic mass is 10.1. The highest BCUT2D eigenvalue weighted by molar-refractivity contribution is 5.95. The number of hydrogen-bond acceptors (Lipinski definition) is 1. The first kappa shape index (κ1) is 11.1. The fourth-order valence-corrected chi connectivity index (χ4v) is 1.77. The summed E-state index contributed by atoms with van der Waals surface area (Å²) in [5.74, 6) is 0.416. The van der Waals surface area contributed by atoms with Crippen molar-refractivity contribution in [2.24, 2.45) is 5.92 Å². The minimum absolute atomic E-state index is 0.0989. The summed E-state index contributed by atoms with van der Waals surface area (Å²) in [6, 6.07) is 4.25. The molecule has 1 N–H and O–H groups in total. The van der Waals surface area contributed by atoms with Gasteiger partial charge < -0.3 is 5.32 Å². The maximum Gasteiger partial charge on any atom is 0.251 e. The summed E-state index contributed by atoms with van der Waals surface area (Å²) in [7, 11) is 0. The second-order valence-corrected chi connectivity index (χ2v) is 4.45. The van der Waals surface area contributed by atoms with Crippen LogP contribution in [0.5, 0.6) is 0 Å². The number of halogens is 1. The van der Waals surface area contributed by atoms with Gasteiger partial charge in [0.05, 0.1) is 0 Å². The van der Waals surface area contributed by atoms with Crippen molar-refractivity contribution in [3.63, 3.8) is 0 Å². The molecule has 0 spiro atoms. The predicted octanol–water partition coefficient (Wildman–Crippen LogP) is 2.66. The molecule has 2 rings (SSSR count). The maximum absolute atomic E-state index is 12.8. The highest BCUT2D eigenvalue weighted by atomic mass is 19.1. The Kier molecular flexibility index (Phi) is 3.22. The SMILES string of the molecule is Cc1cc(F)ccc1C(=O)NCCC1CC1. The molecule has 1 amide bonds. The van der Waals surface area contributed by atoms with Crippen LogP contribution in [0, 0.1) is 18.7 Å². The van der Waals surface area contributed by atoms with Crippen LogP contribution >= 0.6 is 0 Å². The molecule has 1 aliphatic carbocycles. The van der Waals surface area contributed by atoms with Gasteiger partial charge in [-0.2, -0.15) is 0 Å². The first-order valence-corrected chi connectivity index (χ1v) is 5.71. The molecule has 1 saturated carbocycles. The van der Waals surface area contributed by atoms with Gasteiger partial charge in [-0.05, 0) is 43.0 Å². The molecule has 1 aromatic carbocycles. The van der Waals surface area contributed by atoms with Crippen LogP contribution in [0.25, 0.3) is 0 Å². The smallest absolute Gasteiger partial charge is 0.251 e. The van der Waals surface area contributed by atoms with Gasteiger partial charge in [-0.3, -0.25) is 4.79 Å². The zero-order valence-electron chi connectivity index (χ0n) is 9.42. The van der Waals surface area contributed by atoms with Gasteiger partial charge in [0.1, 0.15) is 5.82 Å². The van der Waals surface area contributed by atoms with Gasteiger partial charge in [0, 0.05) is 12.1 Å². The Morgan fingerprint density at radius 2 is 2.25 bits per heavy atom. The third kappa shape index (κ3) is 2.81. The van der Waals surface area contributed by atoms with E-state index in [0.29, 0.717) is 11.1 Å². The first-order chi connectivity index (χ1) is 7.66. The van der Waals surface area contributed by atoms with E-state index in [1.54, 1.807) is 6.92 Å². The quantitative estimate of drug-likeness (QED) is 0.832. The number of nitrogens with one attached hydrogen (secondary N) is 1. The van der Waals surface area contributed by atoms with E-state index in [0.717, 1.165) is 18.9 Å². The monoisotopic (exact) mass is 221 g/mol. The number of amides is 1. The molecule has 0 radical (unpaired) electrons. The molecule has 1 aromatic rings. The van der Waals surface area contributed by atoms with Crippen LogP contribution in [0.15, 0.2) is 18.2 Å². The van der Waals surface area contributed by atoms with Crippen molar-refractivity contribution in [2.45, 2.75) is 26.2 Å². The molecule has 0 saturated heterocycles. The molecule has 3 heteroatoms. The Morgan fingerprint density at radius 3 is 2.88 bits per heavy atom. The fourth-order valence-electron chi connectivity index (χ4n) is 1.77. The van der Waals surface area contributed by atoms with Crippen molar-refractivity contribution < 1.29 is 9.18 Å². The molecule has 86 valence electrons. The van der Waals surface area contributed by atoms with Gasteiger partial charge in [-0.1, -0.05) is 12.8 Å². The molecule has 0 bridgehead atoms. The molecule has 0 atom stereocenters. The second-order valence-electron chi connectivity index (χ2n) is 4.45. The van der Waals surface area contributed by atoms with Gasteiger partial charge in [0.2, 0.25) is 0 Å². The molecule has 16 heavy (non-hydrogen) atoms. The summed E-state index contributed by atoms with van der Waals surface area (Å²) in [6.45, 7) is 2.47. The number of carbonyl (C=O) groups is 1. The Balaban J connectivity index is 1.91. The molecule has 2 nitrogen and oxygen atoms in total. The van der Waals surface area contributed by atoms with E-state index in [-0.39, 0.29) is 11.7 Å². The Bertz CT molecular complexity index is 399. The summed E-state index contributed by atoms with van der Waals surface area (Å²) in [4.78, 5) is 11.7. The topological polar surface area (TPSA) is 29.1 Å². The standard InChI is InChI=1S/C13H16FNO/c1-9-8-11(14)4-5-12(9)13(16)15-7-6-10-2-3-10/h4-5,8,10H,2-3,6-7H2,1H3,(H,15,16). The Labute approximate surface area is 94.9 Å². The lowest BCUT2D eigenvalue weighted by Crippen LogP contribution is -2.25. The van der Waals surface area contributed by atoms with Gasteiger partial charge in [0.25, 0.3) is 5.91 Å². The number of rotatable bonds is 4. The first-order valence-electron chi connectivity index (χ1n) is 5.71. The minimum atomic E-state index is -0.299. The maximum atomic E-state index is 12.8. The van der Waals surface area contributed by atoms with Gasteiger partial charge in [-0.15, -0.1) is 0 Å². The van der Waals surface area contributed by atoms with Crippen molar-refractivity contribution in [1.82, 2.24) is 5.32 Å². The summed E-state index contributed by atoms with van der Waals surface area (Å²) in [5.41, 5.74) is 1.25. The lowest BCUT2D eigenvalue weighted by molar-refractivity contribution is 0.0952. The Morgan fingerprint density at radius 1 is 1.50 bits per heavy atom. The molecule has 0 heterocycles. The van der Waals surface area contributed by atoms with Crippen LogP contribution in [0.2, 0.25) is 0 Å². The van der Waals surface area contributed by atoms with E-state index in [9.17, 15) is 9.18 Å². The normalized spacial score (nSPS) is 14.9. The van der Waals surface area contributed by atoms with E-state index in [4.69, 9.17) is 0 Å². The molecule has 0 aliphatic heterocycles. The van der Waals surface area contributed by atoms with Crippen LogP contribution in [-0.4, -0.2) is 12.5 Å². The lowest BCUT2D eigenvalue weighted by Gasteiger charge is -2.07. The van der Waals surface area contributed by atoms with Crippen LogP contribution in [0.4, 0.5) is 4.39 Å². The third-order valence-corrected chi connectivity index (χ3v) is 2.97. The fraction of sp³-hybridized carbons (Fsp3) is 0.462. The molecule has 0 aromatic heterocycles. The number of benzene rings is 1. The highest BCUT2D eigenvalue weighted by Gasteiger charge is 2.20. The van der Waals surface area contributed by atoms with E-state index in [2.05, 4.69) is 5.32 Å². The van der Waals surface area contributed by atoms with Crippen LogP contribution in [0.1, 0.15) is 35.2 Å². The summed E-state index contributed by atoms with van der Waals surface area (Å²) >= 11 is 0. The Hall–Kier alpha value is -1.38. The van der Waals surface area contributed by atoms with Crippen molar-refractivity contribution in [3.8, 4) is 0 Å². The predicted molar refractivity (Wildman–Crippen MR) is 60.8 cm³/mol. The van der Waals surface area contributed by atoms with Crippen molar-refractivity contribution in [3.05, 3.63) is 35.1 Å². The zero-order valence-corrected chi connectivity index (χ0v) is 9.42. The van der Waals surface area contributed by atoms with Crippen LogP contribution in [-0.2, 0) is 0 Å². The summed E-state index contributed by atoms with van der Waals surface area (Å²) < 4.78 is 12.8.